The van der Waals surface area contributed by atoms with Crippen molar-refractivity contribution in [2.24, 2.45) is 0 Å². The minimum atomic E-state index is -0.670. The van der Waals surface area contributed by atoms with Crippen LogP contribution in [0.15, 0.2) is 28.7 Å². The highest BCUT2D eigenvalue weighted by Gasteiger charge is 2.70. The lowest BCUT2D eigenvalue weighted by molar-refractivity contribution is -0.239. The average Bonchev–Trinajstić information content (AvgIpc) is 3.20. The Labute approximate surface area is 171 Å². The topological polar surface area (TPSA) is 85.1 Å². The van der Waals surface area contributed by atoms with E-state index in [-0.39, 0.29) is 18.3 Å². The normalized spacial score (nSPS) is 35.9. The van der Waals surface area contributed by atoms with Gasteiger partial charge in [-0.15, -0.1) is 0 Å². The van der Waals surface area contributed by atoms with Gasteiger partial charge < -0.3 is 29.4 Å². The Hall–Kier alpha value is -1.45. The third-order valence-electron chi connectivity index (χ3n) is 5.78. The van der Waals surface area contributed by atoms with Gasteiger partial charge in [0.15, 0.2) is 12.1 Å². The molecule has 1 aromatic carbocycles. The molecular weight excluding hydrogens is 428 g/mol. The van der Waals surface area contributed by atoms with Gasteiger partial charge in [-0.2, -0.15) is 0 Å². The third-order valence-corrected chi connectivity index (χ3v) is 6.42. The van der Waals surface area contributed by atoms with E-state index in [9.17, 15) is 0 Å². The van der Waals surface area contributed by atoms with Gasteiger partial charge in [0.2, 0.25) is 0 Å². The quantitative estimate of drug-likeness (QED) is 0.766. The Morgan fingerprint density at radius 1 is 1.25 bits per heavy atom. The monoisotopic (exact) mass is 450 g/mol. The summed E-state index contributed by atoms with van der Waals surface area (Å²) in [6, 6.07) is 7.76. The van der Waals surface area contributed by atoms with Crippen LogP contribution in [0.25, 0.3) is 10.9 Å². The Balaban J connectivity index is 1.43. The maximum Gasteiger partial charge on any atom is 0.187 e. The molecule has 3 fully saturated rings. The number of ether oxygens (including phenoxy) is 5. The fraction of sp³-hybridized carbons (Fsp3) is 0.550. The number of benzene rings is 1. The second-order valence-corrected chi connectivity index (χ2v) is 8.92. The smallest absolute Gasteiger partial charge is 0.187 e. The SMILES string of the molecule is COC1O[C@@H]2[C@@H](Oc3ccc4cc(Br)c(N)nc4c3)CC[C@@]23OC(C)(C)OC13. The van der Waals surface area contributed by atoms with Gasteiger partial charge in [0, 0.05) is 18.6 Å². The molecule has 1 spiro atoms. The number of nitrogen functional groups attached to an aromatic ring is 1. The number of nitrogens with zero attached hydrogens (tertiary/aromatic N) is 1. The van der Waals surface area contributed by atoms with Gasteiger partial charge >= 0.3 is 0 Å². The molecule has 2 saturated heterocycles. The average molecular weight is 451 g/mol. The highest BCUT2D eigenvalue weighted by atomic mass is 79.9. The maximum atomic E-state index is 6.34. The van der Waals surface area contributed by atoms with Crippen molar-refractivity contribution >= 4 is 32.7 Å². The van der Waals surface area contributed by atoms with Crippen LogP contribution in [-0.4, -0.2) is 48.1 Å². The Bertz CT molecular complexity index is 938. The van der Waals surface area contributed by atoms with Crippen LogP contribution in [-0.2, 0) is 18.9 Å². The number of methoxy groups -OCH3 is 1. The molecule has 1 aliphatic carbocycles. The van der Waals surface area contributed by atoms with Crippen molar-refractivity contribution in [2.45, 2.75) is 62.7 Å². The van der Waals surface area contributed by atoms with Crippen molar-refractivity contribution < 1.29 is 23.7 Å². The summed E-state index contributed by atoms with van der Waals surface area (Å²) in [4.78, 5) is 4.43. The van der Waals surface area contributed by atoms with Gasteiger partial charge in [-0.05, 0) is 60.8 Å². The summed E-state index contributed by atoms with van der Waals surface area (Å²) in [6.45, 7) is 3.85. The summed E-state index contributed by atoms with van der Waals surface area (Å²) in [5.41, 5.74) is 6.16. The fourth-order valence-electron chi connectivity index (χ4n) is 4.72. The van der Waals surface area contributed by atoms with Crippen LogP contribution in [0, 0.1) is 0 Å². The van der Waals surface area contributed by atoms with E-state index in [0.29, 0.717) is 5.82 Å². The molecule has 0 radical (unpaired) electrons. The van der Waals surface area contributed by atoms with Gasteiger partial charge in [0.05, 0.1) is 9.99 Å². The van der Waals surface area contributed by atoms with E-state index in [1.54, 1.807) is 7.11 Å². The fourth-order valence-corrected chi connectivity index (χ4v) is 5.06. The molecule has 5 atom stereocenters. The molecular formula is C20H23BrN2O5. The first-order valence-electron chi connectivity index (χ1n) is 9.40. The van der Waals surface area contributed by atoms with Crippen molar-refractivity contribution in [3.63, 3.8) is 0 Å². The van der Waals surface area contributed by atoms with Crippen molar-refractivity contribution in [1.29, 1.82) is 0 Å². The summed E-state index contributed by atoms with van der Waals surface area (Å²) in [5.74, 6) is 0.506. The van der Waals surface area contributed by atoms with Crippen molar-refractivity contribution in [1.82, 2.24) is 4.98 Å². The van der Waals surface area contributed by atoms with Crippen LogP contribution < -0.4 is 10.5 Å². The van der Waals surface area contributed by atoms with Crippen LogP contribution in [0.5, 0.6) is 5.75 Å². The van der Waals surface area contributed by atoms with Crippen LogP contribution in [0.1, 0.15) is 26.7 Å². The zero-order chi connectivity index (χ0) is 19.7. The number of fused-ring (bicyclic) bond motifs is 1. The largest absolute Gasteiger partial charge is 0.488 e. The summed E-state index contributed by atoms with van der Waals surface area (Å²) >= 11 is 3.41. The number of hydrogen-bond donors (Lipinski definition) is 1. The molecule has 28 heavy (non-hydrogen) atoms. The molecule has 2 N–H and O–H groups in total. The molecule has 2 aliphatic heterocycles. The second-order valence-electron chi connectivity index (χ2n) is 8.06. The van der Waals surface area contributed by atoms with Crippen molar-refractivity contribution in [3.8, 4) is 5.75 Å². The summed E-state index contributed by atoms with van der Waals surface area (Å²) in [7, 11) is 1.63. The number of anilines is 1. The minimum absolute atomic E-state index is 0.162. The Morgan fingerprint density at radius 3 is 2.86 bits per heavy atom. The van der Waals surface area contributed by atoms with E-state index in [4.69, 9.17) is 29.4 Å². The highest BCUT2D eigenvalue weighted by Crippen LogP contribution is 2.54. The van der Waals surface area contributed by atoms with Crippen molar-refractivity contribution in [3.05, 3.63) is 28.7 Å². The van der Waals surface area contributed by atoms with E-state index in [1.807, 2.05) is 38.1 Å². The van der Waals surface area contributed by atoms with Crippen LogP contribution in [0.2, 0.25) is 0 Å². The standard InChI is InChI=1S/C20H23BrN2O5/c1-19(2)27-16-18(24-3)26-15-14(6-7-20(15,16)28-19)25-11-5-4-10-8-12(21)17(22)23-13(10)9-11/h4-5,8-9,14-16,18H,6-7H2,1-3H3,(H2,22,23)/t14-,15+,16?,18?,20+/m0/s1. The lowest BCUT2D eigenvalue weighted by atomic mass is 9.95. The minimum Gasteiger partial charge on any atom is -0.488 e. The zero-order valence-corrected chi connectivity index (χ0v) is 17.6. The number of aromatic nitrogens is 1. The third kappa shape index (κ3) is 2.74. The first kappa shape index (κ1) is 18.6. The van der Waals surface area contributed by atoms with E-state index < -0.39 is 17.7 Å². The summed E-state index contributed by atoms with van der Waals surface area (Å²) < 4.78 is 31.2. The molecule has 2 aromatic rings. The highest BCUT2D eigenvalue weighted by molar-refractivity contribution is 9.10. The predicted molar refractivity (Wildman–Crippen MR) is 106 cm³/mol. The first-order chi connectivity index (χ1) is 13.3. The van der Waals surface area contributed by atoms with E-state index in [0.717, 1.165) is 34.0 Å². The molecule has 1 aromatic heterocycles. The molecule has 150 valence electrons. The number of rotatable bonds is 3. The molecule has 1 saturated carbocycles. The van der Waals surface area contributed by atoms with Gasteiger partial charge in [0.1, 0.15) is 35.5 Å². The summed E-state index contributed by atoms with van der Waals surface area (Å²) in [5, 5.41) is 0.988. The Morgan fingerprint density at radius 2 is 2.07 bits per heavy atom. The summed E-state index contributed by atoms with van der Waals surface area (Å²) in [6.07, 6.45) is 0.455. The van der Waals surface area contributed by atoms with E-state index >= 15 is 0 Å². The number of halogens is 1. The molecule has 7 nitrogen and oxygen atoms in total. The lowest BCUT2D eigenvalue weighted by Crippen LogP contribution is -2.46. The number of hydrogen-bond acceptors (Lipinski definition) is 7. The van der Waals surface area contributed by atoms with Gasteiger partial charge in [-0.25, -0.2) is 4.98 Å². The lowest BCUT2D eigenvalue weighted by Gasteiger charge is -2.29. The molecule has 0 amide bonds. The van der Waals surface area contributed by atoms with Crippen molar-refractivity contribution in [2.75, 3.05) is 12.8 Å². The molecule has 3 heterocycles. The molecule has 8 heteroatoms. The molecule has 0 bridgehead atoms. The second kappa shape index (κ2) is 6.27. The number of pyridine rings is 1. The molecule has 2 unspecified atom stereocenters. The number of nitrogens with two attached hydrogens (primary N) is 1. The molecule has 5 rings (SSSR count). The van der Waals surface area contributed by atoms with Gasteiger partial charge in [0.25, 0.3) is 0 Å². The maximum absolute atomic E-state index is 6.34. The van der Waals surface area contributed by atoms with Crippen LogP contribution in [0.4, 0.5) is 5.82 Å². The van der Waals surface area contributed by atoms with Crippen LogP contribution in [0.3, 0.4) is 0 Å². The molecule has 3 aliphatic rings. The van der Waals surface area contributed by atoms with Crippen LogP contribution >= 0.6 is 15.9 Å². The predicted octanol–water partition coefficient (Wildman–Crippen LogP) is 3.38. The van der Waals surface area contributed by atoms with Gasteiger partial charge in [-0.1, -0.05) is 0 Å². The van der Waals surface area contributed by atoms with E-state index in [1.165, 1.54) is 0 Å². The zero-order valence-electron chi connectivity index (χ0n) is 16.0. The first-order valence-corrected chi connectivity index (χ1v) is 10.2. The van der Waals surface area contributed by atoms with E-state index in [2.05, 4.69) is 20.9 Å². The Kier molecular flexibility index (Phi) is 4.16. The van der Waals surface area contributed by atoms with Gasteiger partial charge in [-0.3, -0.25) is 0 Å².